The lowest BCUT2D eigenvalue weighted by Crippen LogP contribution is -2.93. The molecule has 0 saturated carbocycles. The Balaban J connectivity index is 1.77. The monoisotopic (exact) mass is 1240 g/mol. The molecular formula is C29H80O23Si16. The summed E-state index contributed by atoms with van der Waals surface area (Å²) in [6.45, 7) is 44.3. The van der Waals surface area contributed by atoms with E-state index < -0.39 is 139 Å². The molecule has 0 aromatic heterocycles. The van der Waals surface area contributed by atoms with Crippen molar-refractivity contribution in [1.29, 1.82) is 0 Å². The van der Waals surface area contributed by atoms with Gasteiger partial charge in [0.15, 0.2) is 58.2 Å². The van der Waals surface area contributed by atoms with E-state index in [4.69, 9.17) is 96.2 Å². The van der Waals surface area contributed by atoms with Crippen LogP contribution >= 0.6 is 0 Å². The molecule has 2 atom stereocenters. The second-order valence-electron chi connectivity index (χ2n) is 24.3. The third-order valence-electron chi connectivity index (χ3n) is 8.42. The Kier molecular flexibility index (Phi) is 17.1. The average Bonchev–Trinajstić information content (AvgIpc) is 3.79. The van der Waals surface area contributed by atoms with Crippen LogP contribution in [0.1, 0.15) is 6.42 Å². The van der Waals surface area contributed by atoms with Crippen LogP contribution < -0.4 is 0 Å². The molecule has 0 N–H and O–H groups in total. The quantitative estimate of drug-likeness (QED) is 0.0629. The molecule has 398 valence electrons. The van der Waals surface area contributed by atoms with Crippen LogP contribution in [0.2, 0.25) is 150 Å². The summed E-state index contributed by atoms with van der Waals surface area (Å²) in [5.41, 5.74) is 0. The van der Waals surface area contributed by atoms with E-state index >= 15 is 0 Å². The van der Waals surface area contributed by atoms with E-state index in [1.54, 1.807) is 7.11 Å². The minimum absolute atomic E-state index is 0.0971. The van der Waals surface area contributed by atoms with E-state index in [2.05, 4.69) is 0 Å². The van der Waals surface area contributed by atoms with Crippen LogP contribution in [0.15, 0.2) is 0 Å². The zero-order chi connectivity index (χ0) is 51.4. The summed E-state index contributed by atoms with van der Waals surface area (Å²) in [7, 11) is -63.5. The summed E-state index contributed by atoms with van der Waals surface area (Å²) in [5.74, 6) is 0. The lowest BCUT2D eigenvalue weighted by Gasteiger charge is -2.60. The first-order valence-electron chi connectivity index (χ1n) is 23.0. The van der Waals surface area contributed by atoms with E-state index in [1.807, 2.05) is 144 Å². The standard InChI is InChI=1S/C29H80O23Si16/c1-30-60(23,26-24-25-31-27-29-28-32-29)40-68-50-65(37-57(14,15)16)44-62(34-54(5,6)7)41-61(33-53(2,3)4)42-63(46-65,35-55(8,9)10)48-67(52-68,39-59(20,21)22)49-64(43-61,36-56(11,12)13)47-66(45-62,51-68)38-58(17,18)19/h29H,24-28H2,1-23H3. The number of ether oxygens (including phenoxy) is 2. The number of epoxide rings is 1. The summed E-state index contributed by atoms with van der Waals surface area (Å²) in [6, 6.07) is 0.366. The normalized spacial score (nSPS) is 39.0. The molecule has 7 aliphatic rings. The van der Waals surface area contributed by atoms with Crippen molar-refractivity contribution in [3.8, 4) is 0 Å². The molecule has 0 aromatic rings. The average molecular weight is 1250 g/mol. The zero-order valence-corrected chi connectivity index (χ0v) is 60.5. The Morgan fingerprint density at radius 1 is 0.353 bits per heavy atom. The van der Waals surface area contributed by atoms with E-state index in [0.29, 0.717) is 32.3 Å². The molecule has 7 rings (SSSR count). The highest BCUT2D eigenvalue weighted by Crippen LogP contribution is 2.53. The molecule has 0 spiro atoms. The number of rotatable bonds is 23. The molecule has 0 radical (unpaired) electrons. The highest BCUT2D eigenvalue weighted by molar-refractivity contribution is 7.04. The lowest BCUT2D eigenvalue weighted by atomic mass is 10.5. The molecule has 0 amide bonds. The Bertz CT molecular complexity index is 1620. The maximum absolute atomic E-state index is 7.51. The van der Waals surface area contributed by atoms with Crippen molar-refractivity contribution in [2.75, 3.05) is 26.9 Å². The molecule has 0 aromatic carbocycles. The number of hydrogen-bond acceptors (Lipinski definition) is 23. The van der Waals surface area contributed by atoms with Gasteiger partial charge in [0, 0.05) is 13.7 Å². The van der Waals surface area contributed by atoms with Crippen LogP contribution in [0.5, 0.6) is 0 Å². The van der Waals surface area contributed by atoms with Gasteiger partial charge in [-0.25, -0.2) is 0 Å². The fourth-order valence-electron chi connectivity index (χ4n) is 6.80. The maximum atomic E-state index is 7.51. The van der Waals surface area contributed by atoms with Crippen LogP contribution in [-0.2, 0) is 96.2 Å². The molecule has 23 nitrogen and oxygen atoms in total. The summed E-state index contributed by atoms with van der Waals surface area (Å²) in [4.78, 5) is 0. The SMILES string of the molecule is CO[Si](C)(CCCOCC1CO1)O[Si]12O[Si]3(O[Si](C)(C)C)O[Si]4(O[Si](C)(C)C)O[Si]5(O[Si](C)(C)C)O[Si](O[Si](C)(C)C)(O3)O[Si](O[Si](C)(C)C)(O[Si](O[Si](C)(C)C)(O5)O[Si](O[Si](C)(C)C)(O4)O1)O2. The third-order valence-corrected chi connectivity index (χ3v) is 61.4. The van der Waals surface area contributed by atoms with Crippen molar-refractivity contribution in [3.05, 3.63) is 0 Å². The molecule has 68 heavy (non-hydrogen) atoms. The summed E-state index contributed by atoms with van der Waals surface area (Å²) < 4.78 is 165. The van der Waals surface area contributed by atoms with Crippen LogP contribution in [0, 0.1) is 0 Å². The first-order chi connectivity index (χ1) is 30.3. The van der Waals surface area contributed by atoms with Gasteiger partial charge in [0.05, 0.1) is 13.2 Å². The van der Waals surface area contributed by atoms with E-state index in [0.717, 1.165) is 0 Å². The third kappa shape index (κ3) is 16.5. The highest BCUT2D eigenvalue weighted by atomic mass is 28.7. The summed E-state index contributed by atoms with van der Waals surface area (Å²) >= 11 is 0. The molecular weight excluding hydrogens is 1170 g/mol. The topological polar surface area (TPSA) is 216 Å². The molecule has 39 heteroatoms. The van der Waals surface area contributed by atoms with Gasteiger partial charge in [0.2, 0.25) is 0 Å². The van der Waals surface area contributed by atoms with Crippen molar-refractivity contribution >= 4 is 139 Å². The highest BCUT2D eigenvalue weighted by Gasteiger charge is 2.92. The molecule has 7 fully saturated rings. The molecule has 7 saturated heterocycles. The Morgan fingerprint density at radius 3 is 0.735 bits per heavy atom. The van der Waals surface area contributed by atoms with E-state index in [-0.39, 0.29) is 6.10 Å². The molecule has 8 bridgehead atoms. The van der Waals surface area contributed by atoms with Crippen LogP contribution in [0.3, 0.4) is 0 Å². The Labute approximate surface area is 422 Å². The summed E-state index contributed by atoms with van der Waals surface area (Å²) in [5, 5.41) is 0. The first-order valence-corrected chi connectivity index (χ1v) is 62.5. The zero-order valence-electron chi connectivity index (χ0n) is 44.5. The van der Waals surface area contributed by atoms with Gasteiger partial charge >= 0.3 is 80.9 Å². The van der Waals surface area contributed by atoms with Crippen molar-refractivity contribution in [2.24, 2.45) is 0 Å². The van der Waals surface area contributed by atoms with Crippen molar-refractivity contribution in [3.63, 3.8) is 0 Å². The molecule has 0 aliphatic carbocycles. The lowest BCUT2D eigenvalue weighted by molar-refractivity contribution is -0.130. The number of hydrogen-bond donors (Lipinski definition) is 0. The summed E-state index contributed by atoms with van der Waals surface area (Å²) in [6.07, 6.45) is 0.621. The maximum Gasteiger partial charge on any atom is 0.653 e. The van der Waals surface area contributed by atoms with Crippen LogP contribution in [0.25, 0.3) is 0 Å². The molecule has 7 heterocycles. The van der Waals surface area contributed by atoms with Gasteiger partial charge in [-0.15, -0.1) is 0 Å². The Morgan fingerprint density at radius 2 is 0.559 bits per heavy atom. The molecule has 7 aliphatic heterocycles. The minimum Gasteiger partial charge on any atom is -0.398 e. The molecule has 2 unspecified atom stereocenters. The van der Waals surface area contributed by atoms with Crippen LogP contribution in [-0.4, -0.2) is 172 Å². The van der Waals surface area contributed by atoms with Gasteiger partial charge in [0.1, 0.15) is 6.10 Å². The van der Waals surface area contributed by atoms with Gasteiger partial charge in [-0.1, -0.05) is 0 Å². The van der Waals surface area contributed by atoms with Gasteiger partial charge < -0.3 is 96.2 Å². The van der Waals surface area contributed by atoms with Gasteiger partial charge in [0.25, 0.3) is 0 Å². The van der Waals surface area contributed by atoms with Crippen molar-refractivity contribution in [2.45, 2.75) is 163 Å². The first kappa shape index (κ1) is 59.8. The predicted octanol–water partition coefficient (Wildman–Crippen LogP) is 6.24. The van der Waals surface area contributed by atoms with Crippen molar-refractivity contribution < 1.29 is 96.2 Å². The van der Waals surface area contributed by atoms with Crippen molar-refractivity contribution in [1.82, 2.24) is 0 Å². The Hall–Kier alpha value is 2.55. The van der Waals surface area contributed by atoms with Crippen LogP contribution in [0.4, 0.5) is 0 Å². The van der Waals surface area contributed by atoms with E-state index in [9.17, 15) is 0 Å². The minimum atomic E-state index is -5.28. The van der Waals surface area contributed by atoms with Gasteiger partial charge in [-0.2, -0.15) is 0 Å². The van der Waals surface area contributed by atoms with E-state index in [1.165, 1.54) is 0 Å². The van der Waals surface area contributed by atoms with Gasteiger partial charge in [-0.3, -0.25) is 0 Å². The second-order valence-corrected chi connectivity index (χ2v) is 81.4. The fourth-order valence-corrected chi connectivity index (χ4v) is 72.3. The second kappa shape index (κ2) is 19.5. The largest absolute Gasteiger partial charge is 0.653 e. The smallest absolute Gasteiger partial charge is 0.398 e. The predicted molar refractivity (Wildman–Crippen MR) is 280 cm³/mol. The fraction of sp³-hybridized carbons (Fsp3) is 1.00. The van der Waals surface area contributed by atoms with Gasteiger partial charge in [-0.05, 0) is 156 Å².